The zero-order valence-electron chi connectivity index (χ0n) is 10.3. The van der Waals surface area contributed by atoms with Crippen LogP contribution in [0.1, 0.15) is 26.3 Å². The van der Waals surface area contributed by atoms with Crippen LogP contribution in [0.15, 0.2) is 18.2 Å². The first-order chi connectivity index (χ1) is 7.52. The van der Waals surface area contributed by atoms with Crippen LogP contribution in [0.25, 0.3) is 0 Å². The lowest BCUT2D eigenvalue weighted by molar-refractivity contribution is 0.410. The monoisotopic (exact) mass is 218 g/mol. The number of nitriles is 1. The summed E-state index contributed by atoms with van der Waals surface area (Å²) in [4.78, 5) is 0. The maximum Gasteiger partial charge on any atom is 0.122 e. The Hall–Kier alpha value is -1.69. The number of benzene rings is 1. The van der Waals surface area contributed by atoms with E-state index in [1.165, 1.54) is 0 Å². The molecule has 0 radical (unpaired) electrons. The van der Waals surface area contributed by atoms with Crippen molar-refractivity contribution in [2.24, 2.45) is 0 Å². The Morgan fingerprint density at radius 1 is 1.44 bits per heavy atom. The van der Waals surface area contributed by atoms with E-state index in [-0.39, 0.29) is 0 Å². The van der Waals surface area contributed by atoms with Gasteiger partial charge in [0.15, 0.2) is 0 Å². The van der Waals surface area contributed by atoms with Crippen molar-refractivity contribution >= 4 is 5.69 Å². The van der Waals surface area contributed by atoms with Crippen molar-refractivity contribution in [2.75, 3.05) is 12.4 Å². The second kappa shape index (κ2) is 4.89. The second-order valence-electron chi connectivity index (χ2n) is 4.24. The molecule has 0 heterocycles. The Morgan fingerprint density at radius 2 is 2.12 bits per heavy atom. The predicted octanol–water partition coefficient (Wildman–Crippen LogP) is 2.97. The number of hydrogen-bond donors (Lipinski definition) is 1. The Morgan fingerprint density at radius 3 is 2.62 bits per heavy atom. The SMILES string of the molecule is CCc1cc(NC(C)(C)C#N)ccc1OC. The fourth-order valence-electron chi connectivity index (χ4n) is 1.52. The smallest absolute Gasteiger partial charge is 0.122 e. The minimum Gasteiger partial charge on any atom is -0.496 e. The van der Waals surface area contributed by atoms with Gasteiger partial charge in [-0.15, -0.1) is 0 Å². The van der Waals surface area contributed by atoms with E-state index in [0.29, 0.717) is 0 Å². The highest BCUT2D eigenvalue weighted by Crippen LogP contribution is 2.24. The molecule has 1 rings (SSSR count). The summed E-state index contributed by atoms with van der Waals surface area (Å²) < 4.78 is 5.25. The Bertz CT molecular complexity index is 405. The molecule has 0 bridgehead atoms. The highest BCUT2D eigenvalue weighted by molar-refractivity contribution is 5.53. The van der Waals surface area contributed by atoms with Gasteiger partial charge in [-0.2, -0.15) is 5.26 Å². The molecule has 1 aromatic rings. The maximum absolute atomic E-state index is 8.95. The van der Waals surface area contributed by atoms with Crippen LogP contribution in [0.3, 0.4) is 0 Å². The fraction of sp³-hybridized carbons (Fsp3) is 0.462. The van der Waals surface area contributed by atoms with Gasteiger partial charge in [-0.25, -0.2) is 0 Å². The minimum atomic E-state index is -0.556. The molecule has 0 saturated heterocycles. The lowest BCUT2D eigenvalue weighted by atomic mass is 10.1. The third-order valence-electron chi connectivity index (χ3n) is 2.40. The number of nitrogens with one attached hydrogen (secondary N) is 1. The Kier molecular flexibility index (Phi) is 3.78. The predicted molar refractivity (Wildman–Crippen MR) is 65.7 cm³/mol. The fourth-order valence-corrected chi connectivity index (χ4v) is 1.52. The van der Waals surface area contributed by atoms with E-state index in [0.717, 1.165) is 23.4 Å². The molecule has 0 aliphatic carbocycles. The first-order valence-corrected chi connectivity index (χ1v) is 5.38. The molecule has 16 heavy (non-hydrogen) atoms. The molecular weight excluding hydrogens is 200 g/mol. The molecule has 0 fully saturated rings. The van der Waals surface area contributed by atoms with Gasteiger partial charge in [0, 0.05) is 5.69 Å². The van der Waals surface area contributed by atoms with Gasteiger partial charge >= 0.3 is 0 Å². The lowest BCUT2D eigenvalue weighted by Crippen LogP contribution is -2.28. The molecule has 1 aromatic carbocycles. The average molecular weight is 218 g/mol. The quantitative estimate of drug-likeness (QED) is 0.845. The third kappa shape index (κ3) is 2.90. The number of nitrogens with zero attached hydrogens (tertiary/aromatic N) is 1. The summed E-state index contributed by atoms with van der Waals surface area (Å²) in [5.74, 6) is 0.891. The summed E-state index contributed by atoms with van der Waals surface area (Å²) in [7, 11) is 1.67. The van der Waals surface area contributed by atoms with Crippen LogP contribution in [0.5, 0.6) is 5.75 Å². The summed E-state index contributed by atoms with van der Waals surface area (Å²) >= 11 is 0. The van der Waals surface area contributed by atoms with Gasteiger partial charge in [0.05, 0.1) is 13.2 Å². The molecule has 86 valence electrons. The second-order valence-corrected chi connectivity index (χ2v) is 4.24. The number of hydrogen-bond acceptors (Lipinski definition) is 3. The topological polar surface area (TPSA) is 45.0 Å². The van der Waals surface area contributed by atoms with Crippen molar-refractivity contribution < 1.29 is 4.74 Å². The molecule has 0 unspecified atom stereocenters. The lowest BCUT2D eigenvalue weighted by Gasteiger charge is -2.20. The zero-order valence-corrected chi connectivity index (χ0v) is 10.3. The van der Waals surface area contributed by atoms with Crippen molar-refractivity contribution in [3.63, 3.8) is 0 Å². The number of ether oxygens (including phenoxy) is 1. The molecular formula is C13H18N2O. The van der Waals surface area contributed by atoms with Crippen molar-refractivity contribution in [1.82, 2.24) is 0 Å². The summed E-state index contributed by atoms with van der Waals surface area (Å²) in [6.07, 6.45) is 0.908. The third-order valence-corrected chi connectivity index (χ3v) is 2.40. The van der Waals surface area contributed by atoms with Crippen LogP contribution in [0, 0.1) is 11.3 Å². The minimum absolute atomic E-state index is 0.556. The Balaban J connectivity index is 2.97. The largest absolute Gasteiger partial charge is 0.496 e. The number of rotatable bonds is 4. The van der Waals surface area contributed by atoms with E-state index in [2.05, 4.69) is 18.3 Å². The molecule has 0 aliphatic rings. The van der Waals surface area contributed by atoms with Crippen LogP contribution in [0.2, 0.25) is 0 Å². The summed E-state index contributed by atoms with van der Waals surface area (Å²) in [6.45, 7) is 5.78. The van der Waals surface area contributed by atoms with Crippen LogP contribution >= 0.6 is 0 Å². The van der Waals surface area contributed by atoms with Crippen LogP contribution in [-0.2, 0) is 6.42 Å². The summed E-state index contributed by atoms with van der Waals surface area (Å²) in [5.41, 5.74) is 1.53. The normalized spacial score (nSPS) is 10.7. The van der Waals surface area contributed by atoms with Gasteiger partial charge in [-0.05, 0) is 44.0 Å². The molecule has 0 saturated carbocycles. The van der Waals surface area contributed by atoms with E-state index in [1.54, 1.807) is 7.11 Å². The van der Waals surface area contributed by atoms with E-state index in [9.17, 15) is 0 Å². The highest BCUT2D eigenvalue weighted by atomic mass is 16.5. The molecule has 0 amide bonds. The molecule has 0 aromatic heterocycles. The van der Waals surface area contributed by atoms with Gasteiger partial charge in [0.25, 0.3) is 0 Å². The molecule has 3 heteroatoms. The molecule has 0 atom stereocenters. The Labute approximate surface area is 97.0 Å². The first-order valence-electron chi connectivity index (χ1n) is 5.38. The van der Waals surface area contributed by atoms with Gasteiger partial charge in [-0.3, -0.25) is 0 Å². The van der Waals surface area contributed by atoms with Crippen molar-refractivity contribution in [2.45, 2.75) is 32.7 Å². The number of methoxy groups -OCH3 is 1. The highest BCUT2D eigenvalue weighted by Gasteiger charge is 2.16. The van der Waals surface area contributed by atoms with E-state index < -0.39 is 5.54 Å². The van der Waals surface area contributed by atoms with E-state index in [4.69, 9.17) is 10.00 Å². The molecule has 0 spiro atoms. The summed E-state index contributed by atoms with van der Waals surface area (Å²) in [5, 5.41) is 12.1. The standard InChI is InChI=1S/C13H18N2O/c1-5-10-8-11(6-7-12(10)16-4)15-13(2,3)9-14/h6-8,15H,5H2,1-4H3. The maximum atomic E-state index is 8.95. The van der Waals surface area contributed by atoms with Crippen LogP contribution in [0.4, 0.5) is 5.69 Å². The van der Waals surface area contributed by atoms with Crippen LogP contribution in [-0.4, -0.2) is 12.6 Å². The molecule has 0 aliphatic heterocycles. The van der Waals surface area contributed by atoms with Crippen molar-refractivity contribution in [3.05, 3.63) is 23.8 Å². The van der Waals surface area contributed by atoms with Crippen molar-refractivity contribution in [3.8, 4) is 11.8 Å². The van der Waals surface area contributed by atoms with Gasteiger partial charge in [-0.1, -0.05) is 6.92 Å². The molecule has 1 N–H and O–H groups in total. The van der Waals surface area contributed by atoms with E-state index in [1.807, 2.05) is 32.0 Å². The van der Waals surface area contributed by atoms with E-state index >= 15 is 0 Å². The van der Waals surface area contributed by atoms with Gasteiger partial charge in [0.2, 0.25) is 0 Å². The zero-order chi connectivity index (χ0) is 12.2. The average Bonchev–Trinajstić information content (AvgIpc) is 2.28. The summed E-state index contributed by atoms with van der Waals surface area (Å²) in [6, 6.07) is 8.09. The number of aryl methyl sites for hydroxylation is 1. The first kappa shape index (κ1) is 12.4. The molecule has 3 nitrogen and oxygen atoms in total. The van der Waals surface area contributed by atoms with Crippen molar-refractivity contribution in [1.29, 1.82) is 5.26 Å². The number of anilines is 1. The van der Waals surface area contributed by atoms with Gasteiger partial charge in [0.1, 0.15) is 11.3 Å². The van der Waals surface area contributed by atoms with Crippen LogP contribution < -0.4 is 10.1 Å². The van der Waals surface area contributed by atoms with Gasteiger partial charge < -0.3 is 10.1 Å².